The minimum absolute atomic E-state index is 0.00885. The molecule has 0 unspecified atom stereocenters. The number of hydrogen-bond donors (Lipinski definition) is 1. The molecule has 5 nitrogen and oxygen atoms in total. The Balaban J connectivity index is 2.14. The first kappa shape index (κ1) is 15.0. The average molecular weight is 296 g/mol. The number of sulfonamides is 1. The lowest BCUT2D eigenvalue weighted by Crippen LogP contribution is -2.28. The van der Waals surface area contributed by atoms with E-state index in [0.717, 1.165) is 6.42 Å². The molecule has 1 saturated carbocycles. The van der Waals surface area contributed by atoms with E-state index in [1.165, 1.54) is 18.4 Å². The van der Waals surface area contributed by atoms with E-state index in [1.54, 1.807) is 24.3 Å². The molecule has 0 radical (unpaired) electrons. The van der Waals surface area contributed by atoms with Crippen molar-refractivity contribution in [3.8, 4) is 0 Å². The van der Waals surface area contributed by atoms with E-state index in [1.807, 2.05) is 6.92 Å². The van der Waals surface area contributed by atoms with Crippen molar-refractivity contribution in [2.24, 2.45) is 11.8 Å². The van der Waals surface area contributed by atoms with Gasteiger partial charge in [-0.15, -0.1) is 0 Å². The maximum Gasteiger partial charge on any atom is 0.242 e. The molecular weight excluding hydrogens is 276 g/mol. The minimum Gasteiger partial charge on any atom is -0.352 e. The van der Waals surface area contributed by atoms with E-state index in [-0.39, 0.29) is 23.3 Å². The van der Waals surface area contributed by atoms with Crippen molar-refractivity contribution < 1.29 is 13.2 Å². The molecule has 20 heavy (non-hydrogen) atoms. The summed E-state index contributed by atoms with van der Waals surface area (Å²) in [6, 6.07) is 6.75. The topological polar surface area (TPSA) is 66.5 Å². The lowest BCUT2D eigenvalue weighted by atomic mass is 10.2. The predicted octanol–water partition coefficient (Wildman–Crippen LogP) is 1.21. The second kappa shape index (κ2) is 5.54. The number of benzene rings is 1. The lowest BCUT2D eigenvalue weighted by molar-refractivity contribution is -0.122. The summed E-state index contributed by atoms with van der Waals surface area (Å²) in [4.78, 5) is 12.1. The smallest absolute Gasteiger partial charge is 0.242 e. The Morgan fingerprint density at radius 1 is 1.35 bits per heavy atom. The van der Waals surface area contributed by atoms with Gasteiger partial charge in [-0.3, -0.25) is 4.79 Å². The first-order valence-electron chi connectivity index (χ1n) is 6.62. The average Bonchev–Trinajstić information content (AvgIpc) is 3.13. The summed E-state index contributed by atoms with van der Waals surface area (Å²) in [6.07, 6.45) is 0.920. The third-order valence-corrected chi connectivity index (χ3v) is 5.55. The van der Waals surface area contributed by atoms with Crippen molar-refractivity contribution in [2.75, 3.05) is 14.1 Å². The molecule has 1 amide bonds. The molecule has 2 atom stereocenters. The van der Waals surface area contributed by atoms with Crippen LogP contribution in [0.1, 0.15) is 18.9 Å². The van der Waals surface area contributed by atoms with Crippen LogP contribution >= 0.6 is 0 Å². The molecule has 1 aliphatic rings. The Labute approximate surface area is 120 Å². The molecule has 0 heterocycles. The standard InChI is InChI=1S/C14H20N2O3S/c1-10-8-12(10)14(17)15-9-11-6-4-5-7-13(11)20(18,19)16(2)3/h4-7,10,12H,8-9H2,1-3H3,(H,15,17)/t10-,12-/m0/s1. The maximum absolute atomic E-state index is 12.2. The highest BCUT2D eigenvalue weighted by Crippen LogP contribution is 2.37. The maximum atomic E-state index is 12.2. The van der Waals surface area contributed by atoms with Crippen molar-refractivity contribution in [1.29, 1.82) is 0 Å². The van der Waals surface area contributed by atoms with Crippen LogP contribution in [0.5, 0.6) is 0 Å². The first-order chi connectivity index (χ1) is 9.34. The number of hydrogen-bond acceptors (Lipinski definition) is 3. The minimum atomic E-state index is -3.49. The van der Waals surface area contributed by atoms with Gasteiger partial charge in [0.25, 0.3) is 0 Å². The predicted molar refractivity (Wildman–Crippen MR) is 76.4 cm³/mol. The molecule has 1 aromatic carbocycles. The largest absolute Gasteiger partial charge is 0.352 e. The third-order valence-electron chi connectivity index (χ3n) is 3.63. The summed E-state index contributed by atoms with van der Waals surface area (Å²) in [5.74, 6) is 0.540. The van der Waals surface area contributed by atoms with Crippen LogP contribution in [0.3, 0.4) is 0 Å². The summed E-state index contributed by atoms with van der Waals surface area (Å²) < 4.78 is 25.6. The quantitative estimate of drug-likeness (QED) is 0.888. The molecule has 1 aliphatic carbocycles. The number of carbonyl (C=O) groups excluding carboxylic acids is 1. The van der Waals surface area contributed by atoms with Crippen molar-refractivity contribution >= 4 is 15.9 Å². The normalized spacial score (nSPS) is 21.8. The first-order valence-corrected chi connectivity index (χ1v) is 8.06. The van der Waals surface area contributed by atoms with Gasteiger partial charge in [0.1, 0.15) is 0 Å². The molecule has 0 aromatic heterocycles. The SMILES string of the molecule is C[C@H]1C[C@@H]1C(=O)NCc1ccccc1S(=O)(=O)N(C)C. The fraction of sp³-hybridized carbons (Fsp3) is 0.500. The van der Waals surface area contributed by atoms with Crippen LogP contribution in [0.15, 0.2) is 29.2 Å². The van der Waals surface area contributed by atoms with E-state index < -0.39 is 10.0 Å². The van der Waals surface area contributed by atoms with Crippen LogP contribution in [-0.4, -0.2) is 32.7 Å². The summed E-state index contributed by atoms with van der Waals surface area (Å²) in [5.41, 5.74) is 0.614. The van der Waals surface area contributed by atoms with Crippen LogP contribution < -0.4 is 5.32 Å². The van der Waals surface area contributed by atoms with E-state index in [9.17, 15) is 13.2 Å². The third kappa shape index (κ3) is 3.02. The summed E-state index contributed by atoms with van der Waals surface area (Å²) in [7, 11) is -0.496. The zero-order chi connectivity index (χ0) is 14.9. The van der Waals surface area contributed by atoms with Crippen LogP contribution in [0, 0.1) is 11.8 Å². The lowest BCUT2D eigenvalue weighted by Gasteiger charge is -2.15. The molecule has 2 rings (SSSR count). The molecule has 0 saturated heterocycles. The summed E-state index contributed by atoms with van der Waals surface area (Å²) >= 11 is 0. The number of rotatable bonds is 5. The van der Waals surface area contributed by atoms with Crippen LogP contribution in [0.25, 0.3) is 0 Å². The van der Waals surface area contributed by atoms with Gasteiger partial charge >= 0.3 is 0 Å². The highest BCUT2D eigenvalue weighted by molar-refractivity contribution is 7.89. The Bertz CT molecular complexity index is 611. The van der Waals surface area contributed by atoms with Gasteiger partial charge in [-0.25, -0.2) is 12.7 Å². The van der Waals surface area contributed by atoms with Gasteiger partial charge in [-0.2, -0.15) is 0 Å². The fourth-order valence-electron chi connectivity index (χ4n) is 2.10. The molecule has 0 spiro atoms. The molecule has 110 valence electrons. The van der Waals surface area contributed by atoms with Gasteiger partial charge in [0.2, 0.25) is 15.9 Å². The van der Waals surface area contributed by atoms with E-state index in [0.29, 0.717) is 11.5 Å². The van der Waals surface area contributed by atoms with Gasteiger partial charge in [0.15, 0.2) is 0 Å². The number of carbonyl (C=O) groups is 1. The van der Waals surface area contributed by atoms with Crippen LogP contribution in [0.4, 0.5) is 0 Å². The van der Waals surface area contributed by atoms with Gasteiger partial charge in [0, 0.05) is 26.6 Å². The Kier molecular flexibility index (Phi) is 4.15. The number of nitrogens with one attached hydrogen (secondary N) is 1. The highest BCUT2D eigenvalue weighted by Gasteiger charge is 2.38. The fourth-order valence-corrected chi connectivity index (χ4v) is 3.21. The van der Waals surface area contributed by atoms with Crippen molar-refractivity contribution in [3.05, 3.63) is 29.8 Å². The Hall–Kier alpha value is -1.40. The van der Waals surface area contributed by atoms with E-state index in [4.69, 9.17) is 0 Å². The van der Waals surface area contributed by atoms with Crippen LogP contribution in [0.2, 0.25) is 0 Å². The second-order valence-corrected chi connectivity index (χ2v) is 7.55. The molecule has 6 heteroatoms. The number of nitrogens with zero attached hydrogens (tertiary/aromatic N) is 1. The molecule has 1 aromatic rings. The van der Waals surface area contributed by atoms with Crippen molar-refractivity contribution in [3.63, 3.8) is 0 Å². The number of amides is 1. The summed E-state index contributed by atoms with van der Waals surface area (Å²) in [6.45, 7) is 2.28. The van der Waals surface area contributed by atoms with Gasteiger partial charge in [-0.1, -0.05) is 25.1 Å². The van der Waals surface area contributed by atoms with Crippen molar-refractivity contribution in [2.45, 2.75) is 24.8 Å². The Morgan fingerprint density at radius 2 is 1.95 bits per heavy atom. The molecular formula is C14H20N2O3S. The zero-order valence-electron chi connectivity index (χ0n) is 12.0. The molecule has 1 fully saturated rings. The summed E-state index contributed by atoms with van der Waals surface area (Å²) in [5, 5.41) is 2.82. The van der Waals surface area contributed by atoms with E-state index in [2.05, 4.69) is 5.32 Å². The second-order valence-electron chi connectivity index (χ2n) is 5.43. The molecule has 0 bridgehead atoms. The Morgan fingerprint density at radius 3 is 2.50 bits per heavy atom. The molecule has 1 N–H and O–H groups in total. The molecule has 0 aliphatic heterocycles. The van der Waals surface area contributed by atoms with E-state index >= 15 is 0 Å². The van der Waals surface area contributed by atoms with Gasteiger partial charge < -0.3 is 5.32 Å². The van der Waals surface area contributed by atoms with Crippen molar-refractivity contribution in [1.82, 2.24) is 9.62 Å². The van der Waals surface area contributed by atoms with Crippen LogP contribution in [-0.2, 0) is 21.4 Å². The zero-order valence-corrected chi connectivity index (χ0v) is 12.8. The van der Waals surface area contributed by atoms with Gasteiger partial charge in [-0.05, 0) is 24.0 Å². The van der Waals surface area contributed by atoms with Gasteiger partial charge in [0.05, 0.1) is 4.90 Å². The monoisotopic (exact) mass is 296 g/mol. The highest BCUT2D eigenvalue weighted by atomic mass is 32.2.